The molecule has 7 nitrogen and oxygen atoms in total. The van der Waals surface area contributed by atoms with Gasteiger partial charge in [0.05, 0.1) is 16.6 Å². The number of fused-ring (bicyclic) bond motifs is 1. The molecule has 33 heavy (non-hydrogen) atoms. The lowest BCUT2D eigenvalue weighted by Crippen LogP contribution is -2.58. The van der Waals surface area contributed by atoms with Gasteiger partial charge in [-0.05, 0) is 45.4 Å². The van der Waals surface area contributed by atoms with Crippen molar-refractivity contribution in [2.75, 3.05) is 26.3 Å². The van der Waals surface area contributed by atoms with Crippen LogP contribution in [-0.2, 0) is 19.1 Å². The topological polar surface area (TPSA) is 87.2 Å². The monoisotopic (exact) mass is 478 g/mol. The summed E-state index contributed by atoms with van der Waals surface area (Å²) in [5.74, 6) is -1.51. The molecule has 3 saturated heterocycles. The molecule has 0 radical (unpaired) electrons. The molecular formula is C25H38N2O5S. The summed E-state index contributed by atoms with van der Waals surface area (Å²) in [5.41, 5.74) is 0. The summed E-state index contributed by atoms with van der Waals surface area (Å²) in [5, 5.41) is 9.13. The van der Waals surface area contributed by atoms with Crippen molar-refractivity contribution in [1.29, 1.82) is 0 Å². The van der Waals surface area contributed by atoms with Crippen LogP contribution in [0, 0.1) is 17.8 Å². The van der Waals surface area contributed by atoms with Crippen molar-refractivity contribution >= 4 is 29.5 Å². The van der Waals surface area contributed by atoms with Gasteiger partial charge in [0.1, 0.15) is 12.6 Å². The molecule has 0 aromatic rings. The van der Waals surface area contributed by atoms with E-state index in [-0.39, 0.29) is 48.2 Å². The standard InChI is InChI=1S/C25H38N2O5S/c1-6-11-26(16(3)4)23(30)21-25-17(5)15-18(33-25)19(24(31)32-14-7-2)20(25)22(29)27(21)12-9-8-10-13-28/h6-7,16-21,28H,1-2,8-15H2,3-5H3/t17?,18-,19+,20-,21?,25?/m0/s1. The summed E-state index contributed by atoms with van der Waals surface area (Å²) in [6.45, 7) is 14.6. The van der Waals surface area contributed by atoms with Crippen LogP contribution in [0.1, 0.15) is 46.5 Å². The van der Waals surface area contributed by atoms with E-state index in [9.17, 15) is 14.4 Å². The highest BCUT2D eigenvalue weighted by molar-refractivity contribution is 8.02. The Morgan fingerprint density at radius 1 is 1.30 bits per heavy atom. The van der Waals surface area contributed by atoms with Gasteiger partial charge < -0.3 is 19.6 Å². The highest BCUT2D eigenvalue weighted by Crippen LogP contribution is 2.68. The van der Waals surface area contributed by atoms with E-state index in [2.05, 4.69) is 20.1 Å². The van der Waals surface area contributed by atoms with Gasteiger partial charge in [0.25, 0.3) is 0 Å². The molecule has 0 saturated carbocycles. The van der Waals surface area contributed by atoms with Crippen molar-refractivity contribution < 1.29 is 24.2 Å². The fourth-order valence-corrected chi connectivity index (χ4v) is 8.37. The van der Waals surface area contributed by atoms with Crippen molar-refractivity contribution in [1.82, 2.24) is 9.80 Å². The van der Waals surface area contributed by atoms with Gasteiger partial charge in [0.15, 0.2) is 0 Å². The Hall–Kier alpha value is -1.80. The minimum Gasteiger partial charge on any atom is -0.461 e. The molecule has 0 aliphatic carbocycles. The lowest BCUT2D eigenvalue weighted by atomic mass is 9.66. The number of amides is 2. The minimum absolute atomic E-state index is 0.0231. The molecule has 3 aliphatic rings. The van der Waals surface area contributed by atoms with Crippen LogP contribution < -0.4 is 0 Å². The van der Waals surface area contributed by atoms with Crippen LogP contribution in [-0.4, -0.2) is 81.1 Å². The summed E-state index contributed by atoms with van der Waals surface area (Å²) in [6, 6.07) is -0.654. The molecule has 1 spiro atoms. The molecule has 6 atom stereocenters. The number of carbonyl (C=O) groups excluding carboxylic acids is 3. The average molecular weight is 479 g/mol. The van der Waals surface area contributed by atoms with Crippen LogP contribution in [0.2, 0.25) is 0 Å². The van der Waals surface area contributed by atoms with Crippen LogP contribution in [0.4, 0.5) is 0 Å². The van der Waals surface area contributed by atoms with Gasteiger partial charge in [-0.3, -0.25) is 14.4 Å². The van der Waals surface area contributed by atoms with E-state index in [1.54, 1.807) is 27.6 Å². The maximum Gasteiger partial charge on any atom is 0.311 e. The Balaban J connectivity index is 2.01. The molecule has 0 aromatic carbocycles. The third kappa shape index (κ3) is 4.36. The van der Waals surface area contributed by atoms with E-state index in [0.29, 0.717) is 25.9 Å². The lowest BCUT2D eigenvalue weighted by Gasteiger charge is -2.41. The number of rotatable bonds is 12. The molecule has 1 N–H and O–H groups in total. The third-order valence-corrected chi connectivity index (χ3v) is 9.46. The van der Waals surface area contributed by atoms with Gasteiger partial charge >= 0.3 is 5.97 Å². The third-order valence-electron chi connectivity index (χ3n) is 7.38. The Labute approximate surface area is 201 Å². The average Bonchev–Trinajstić information content (AvgIpc) is 3.36. The second-order valence-corrected chi connectivity index (χ2v) is 11.2. The van der Waals surface area contributed by atoms with E-state index in [1.165, 1.54) is 6.08 Å². The number of carbonyl (C=O) groups is 3. The highest BCUT2D eigenvalue weighted by Gasteiger charge is 2.76. The predicted octanol–water partition coefficient (Wildman–Crippen LogP) is 2.64. The summed E-state index contributed by atoms with van der Waals surface area (Å²) in [6.07, 6.45) is 6.17. The molecule has 8 heteroatoms. The first-order valence-electron chi connectivity index (χ1n) is 12.0. The van der Waals surface area contributed by atoms with Crippen molar-refractivity contribution in [2.24, 2.45) is 17.8 Å². The first-order chi connectivity index (χ1) is 15.8. The van der Waals surface area contributed by atoms with E-state index in [4.69, 9.17) is 9.84 Å². The van der Waals surface area contributed by atoms with Crippen LogP contribution in [0.3, 0.4) is 0 Å². The molecule has 3 rings (SSSR count). The van der Waals surface area contributed by atoms with E-state index < -0.39 is 22.6 Å². The molecule has 3 fully saturated rings. The Morgan fingerprint density at radius 2 is 2.03 bits per heavy atom. The van der Waals surface area contributed by atoms with Gasteiger partial charge in [-0.1, -0.05) is 25.7 Å². The van der Waals surface area contributed by atoms with E-state index >= 15 is 0 Å². The van der Waals surface area contributed by atoms with Gasteiger partial charge in [-0.25, -0.2) is 0 Å². The number of esters is 1. The second-order valence-electron chi connectivity index (χ2n) is 9.66. The van der Waals surface area contributed by atoms with Gasteiger partial charge in [-0.15, -0.1) is 18.3 Å². The summed E-state index contributed by atoms with van der Waals surface area (Å²) in [4.78, 5) is 44.5. The largest absolute Gasteiger partial charge is 0.461 e. The van der Waals surface area contributed by atoms with Crippen LogP contribution in [0.15, 0.2) is 25.3 Å². The highest BCUT2D eigenvalue weighted by atomic mass is 32.2. The molecule has 3 aliphatic heterocycles. The van der Waals surface area contributed by atoms with Gasteiger partial charge in [0, 0.05) is 31.0 Å². The first kappa shape index (κ1) is 25.8. The normalized spacial score (nSPS) is 32.2. The van der Waals surface area contributed by atoms with Crippen LogP contribution in [0.5, 0.6) is 0 Å². The van der Waals surface area contributed by atoms with Crippen LogP contribution >= 0.6 is 11.8 Å². The number of ether oxygens (including phenoxy) is 1. The fraction of sp³-hybridized carbons (Fsp3) is 0.720. The molecule has 2 bridgehead atoms. The maximum atomic E-state index is 14.0. The smallest absolute Gasteiger partial charge is 0.311 e. The zero-order valence-electron chi connectivity index (χ0n) is 20.1. The number of aliphatic hydroxyl groups excluding tert-OH is 1. The number of likely N-dealkylation sites (tertiary alicyclic amines) is 1. The lowest BCUT2D eigenvalue weighted by molar-refractivity contribution is -0.153. The van der Waals surface area contributed by atoms with Crippen molar-refractivity contribution in [2.45, 2.75) is 68.5 Å². The maximum absolute atomic E-state index is 14.0. The second kappa shape index (κ2) is 10.6. The predicted molar refractivity (Wildman–Crippen MR) is 130 cm³/mol. The van der Waals surface area contributed by atoms with E-state index in [1.807, 2.05) is 13.8 Å². The van der Waals surface area contributed by atoms with Crippen LogP contribution in [0.25, 0.3) is 0 Å². The quantitative estimate of drug-likeness (QED) is 0.264. The molecule has 2 amide bonds. The zero-order chi connectivity index (χ0) is 24.3. The Kier molecular flexibility index (Phi) is 8.32. The number of aliphatic hydroxyl groups is 1. The summed E-state index contributed by atoms with van der Waals surface area (Å²) in [7, 11) is 0. The molecule has 3 unspecified atom stereocenters. The Morgan fingerprint density at radius 3 is 2.64 bits per heavy atom. The van der Waals surface area contributed by atoms with Crippen molar-refractivity contribution in [3.63, 3.8) is 0 Å². The van der Waals surface area contributed by atoms with Gasteiger partial charge in [-0.2, -0.15) is 0 Å². The minimum atomic E-state index is -0.637. The molecule has 0 aromatic heterocycles. The van der Waals surface area contributed by atoms with Crippen molar-refractivity contribution in [3.05, 3.63) is 25.3 Å². The number of nitrogens with zero attached hydrogens (tertiary/aromatic N) is 2. The number of unbranched alkanes of at least 4 members (excludes halogenated alkanes) is 2. The Bertz CT molecular complexity index is 787. The SMILES string of the molecule is C=CCOC(=O)[C@@H]1[C@@H]2CC(C)C3(S2)C(C(=O)N(CC=C)C(C)C)N(CCCCCO)C(=O)[C@H]13. The van der Waals surface area contributed by atoms with E-state index in [0.717, 1.165) is 12.8 Å². The summed E-state index contributed by atoms with van der Waals surface area (Å²) < 4.78 is 4.77. The number of hydrogen-bond acceptors (Lipinski definition) is 6. The first-order valence-corrected chi connectivity index (χ1v) is 12.9. The molecule has 184 valence electrons. The summed E-state index contributed by atoms with van der Waals surface area (Å²) >= 11 is 1.66. The number of hydrogen-bond donors (Lipinski definition) is 1. The molecular weight excluding hydrogens is 440 g/mol. The zero-order valence-corrected chi connectivity index (χ0v) is 20.9. The fourth-order valence-electron chi connectivity index (χ4n) is 5.97. The van der Waals surface area contributed by atoms with Gasteiger partial charge in [0.2, 0.25) is 11.8 Å². The number of thioether (sulfide) groups is 1. The molecule has 3 heterocycles. The van der Waals surface area contributed by atoms with Crippen molar-refractivity contribution in [3.8, 4) is 0 Å².